The normalized spacial score (nSPS) is 11.3. The largest absolute Gasteiger partial charge is 0.494 e. The SMILES string of the molecule is CCC(=O)C(CC)(CC)CC(=O)c1ccc(OC)c(-c2cccc(Cl)c2)n1. The molecule has 0 atom stereocenters. The summed E-state index contributed by atoms with van der Waals surface area (Å²) in [5, 5.41) is 0.581. The molecule has 0 amide bonds. The average molecular weight is 388 g/mol. The van der Waals surface area contributed by atoms with Crippen LogP contribution in [0.15, 0.2) is 36.4 Å². The maximum Gasteiger partial charge on any atom is 0.182 e. The zero-order valence-electron chi connectivity index (χ0n) is 16.3. The molecule has 0 saturated heterocycles. The number of hydrogen-bond donors (Lipinski definition) is 0. The van der Waals surface area contributed by atoms with Crippen LogP contribution >= 0.6 is 11.6 Å². The first-order chi connectivity index (χ1) is 12.9. The summed E-state index contributed by atoms with van der Waals surface area (Å²) in [5.41, 5.74) is 1.05. The van der Waals surface area contributed by atoms with Crippen molar-refractivity contribution in [3.8, 4) is 17.0 Å². The van der Waals surface area contributed by atoms with Crippen molar-refractivity contribution < 1.29 is 14.3 Å². The smallest absolute Gasteiger partial charge is 0.182 e. The van der Waals surface area contributed by atoms with Gasteiger partial charge in [0.25, 0.3) is 0 Å². The van der Waals surface area contributed by atoms with Crippen LogP contribution in [-0.4, -0.2) is 23.7 Å². The molecule has 0 aliphatic rings. The van der Waals surface area contributed by atoms with E-state index in [2.05, 4.69) is 4.98 Å². The summed E-state index contributed by atoms with van der Waals surface area (Å²) < 4.78 is 5.40. The number of hydrogen-bond acceptors (Lipinski definition) is 4. The predicted molar refractivity (Wildman–Crippen MR) is 108 cm³/mol. The Labute approximate surface area is 165 Å². The molecule has 0 saturated carbocycles. The Bertz CT molecular complexity index is 828. The fraction of sp³-hybridized carbons (Fsp3) is 0.409. The molecule has 0 N–H and O–H groups in total. The summed E-state index contributed by atoms with van der Waals surface area (Å²) in [5.74, 6) is 0.562. The van der Waals surface area contributed by atoms with E-state index in [4.69, 9.17) is 16.3 Å². The summed E-state index contributed by atoms with van der Waals surface area (Å²) in [7, 11) is 1.56. The van der Waals surface area contributed by atoms with Crippen LogP contribution < -0.4 is 4.74 Å². The Morgan fingerprint density at radius 2 is 1.81 bits per heavy atom. The van der Waals surface area contributed by atoms with E-state index >= 15 is 0 Å². The van der Waals surface area contributed by atoms with E-state index < -0.39 is 5.41 Å². The molecule has 4 nitrogen and oxygen atoms in total. The fourth-order valence-electron chi connectivity index (χ4n) is 3.37. The molecule has 5 heteroatoms. The van der Waals surface area contributed by atoms with E-state index in [0.717, 1.165) is 5.56 Å². The average Bonchev–Trinajstić information content (AvgIpc) is 2.70. The van der Waals surface area contributed by atoms with Gasteiger partial charge in [-0.2, -0.15) is 0 Å². The van der Waals surface area contributed by atoms with Crippen molar-refractivity contribution in [1.82, 2.24) is 4.98 Å². The number of ketones is 2. The number of benzene rings is 1. The minimum absolute atomic E-state index is 0.129. The van der Waals surface area contributed by atoms with Gasteiger partial charge >= 0.3 is 0 Å². The molecule has 1 aromatic carbocycles. The van der Waals surface area contributed by atoms with Crippen molar-refractivity contribution in [3.05, 3.63) is 47.1 Å². The van der Waals surface area contributed by atoms with E-state index in [1.54, 1.807) is 31.4 Å². The van der Waals surface area contributed by atoms with Gasteiger partial charge in [0.2, 0.25) is 0 Å². The number of carbonyl (C=O) groups is 2. The van der Waals surface area contributed by atoms with Gasteiger partial charge < -0.3 is 4.74 Å². The van der Waals surface area contributed by atoms with E-state index in [1.165, 1.54) is 0 Å². The number of aromatic nitrogens is 1. The van der Waals surface area contributed by atoms with Crippen LogP contribution in [0.2, 0.25) is 5.02 Å². The molecule has 27 heavy (non-hydrogen) atoms. The van der Waals surface area contributed by atoms with Crippen LogP contribution in [0.3, 0.4) is 0 Å². The first kappa shape index (κ1) is 21.1. The molecule has 2 rings (SSSR count). The van der Waals surface area contributed by atoms with Crippen LogP contribution in [0.5, 0.6) is 5.75 Å². The highest BCUT2D eigenvalue weighted by Gasteiger charge is 2.36. The summed E-state index contributed by atoms with van der Waals surface area (Å²) in [6.45, 7) is 5.77. The second-order valence-electron chi connectivity index (χ2n) is 6.62. The minimum atomic E-state index is -0.621. The van der Waals surface area contributed by atoms with Gasteiger partial charge in [-0.1, -0.05) is 44.5 Å². The van der Waals surface area contributed by atoms with Crippen LogP contribution in [-0.2, 0) is 4.79 Å². The molecule has 0 bridgehead atoms. The molecule has 0 unspecified atom stereocenters. The van der Waals surface area contributed by atoms with Gasteiger partial charge in [0.05, 0.1) is 7.11 Å². The number of carbonyl (C=O) groups excluding carboxylic acids is 2. The molecule has 0 radical (unpaired) electrons. The molecule has 0 aliphatic carbocycles. The zero-order chi connectivity index (χ0) is 20.0. The van der Waals surface area contributed by atoms with Crippen LogP contribution in [0, 0.1) is 5.41 Å². The monoisotopic (exact) mass is 387 g/mol. The summed E-state index contributed by atoms with van der Waals surface area (Å²) >= 11 is 6.10. The Balaban J connectivity index is 2.43. The van der Waals surface area contributed by atoms with Crippen molar-refractivity contribution in [3.63, 3.8) is 0 Å². The predicted octanol–water partition coefficient (Wildman–Crippen LogP) is 5.77. The summed E-state index contributed by atoms with van der Waals surface area (Å²) in [4.78, 5) is 30.0. The van der Waals surface area contributed by atoms with Crippen molar-refractivity contribution in [2.45, 2.75) is 46.5 Å². The van der Waals surface area contributed by atoms with Gasteiger partial charge in [-0.25, -0.2) is 4.98 Å². The van der Waals surface area contributed by atoms with E-state index in [1.807, 2.05) is 32.9 Å². The van der Waals surface area contributed by atoms with Crippen molar-refractivity contribution >= 4 is 23.2 Å². The number of Topliss-reactive ketones (excluding diaryl/α,β-unsaturated/α-hetero) is 2. The molecular formula is C22H26ClNO3. The van der Waals surface area contributed by atoms with Crippen LogP contribution in [0.25, 0.3) is 11.3 Å². The Kier molecular flexibility index (Phi) is 7.14. The fourth-order valence-corrected chi connectivity index (χ4v) is 3.57. The van der Waals surface area contributed by atoms with Crippen LogP contribution in [0.1, 0.15) is 56.9 Å². The van der Waals surface area contributed by atoms with Gasteiger partial charge in [-0.3, -0.25) is 9.59 Å². The van der Waals surface area contributed by atoms with Gasteiger partial charge in [0.1, 0.15) is 22.9 Å². The van der Waals surface area contributed by atoms with Gasteiger partial charge in [-0.15, -0.1) is 0 Å². The highest BCUT2D eigenvalue weighted by molar-refractivity contribution is 6.30. The Hall–Kier alpha value is -2.20. The summed E-state index contributed by atoms with van der Waals surface area (Å²) in [6, 6.07) is 10.6. The molecular weight excluding hydrogens is 362 g/mol. The standard InChI is InChI=1S/C22H26ClNO3/c1-5-20(26)22(6-2,7-3)14-18(25)17-11-12-19(27-4)21(24-17)15-9-8-10-16(23)13-15/h8-13H,5-7,14H2,1-4H3. The lowest BCUT2D eigenvalue weighted by Gasteiger charge is -2.29. The van der Waals surface area contributed by atoms with E-state index in [0.29, 0.717) is 41.4 Å². The molecule has 2 aromatic rings. The van der Waals surface area contributed by atoms with Crippen molar-refractivity contribution in [2.75, 3.05) is 7.11 Å². The lowest BCUT2D eigenvalue weighted by Crippen LogP contribution is -2.32. The zero-order valence-corrected chi connectivity index (χ0v) is 17.1. The lowest BCUT2D eigenvalue weighted by molar-refractivity contribution is -0.128. The maximum absolute atomic E-state index is 13.0. The van der Waals surface area contributed by atoms with Gasteiger partial charge in [-0.05, 0) is 37.1 Å². The number of halogens is 1. The first-order valence-corrected chi connectivity index (χ1v) is 9.66. The second kappa shape index (κ2) is 9.14. The number of methoxy groups -OCH3 is 1. The van der Waals surface area contributed by atoms with Gasteiger partial charge in [0.15, 0.2) is 5.78 Å². The molecule has 0 fully saturated rings. The highest BCUT2D eigenvalue weighted by Crippen LogP contribution is 2.35. The molecule has 0 spiro atoms. The third-order valence-corrected chi connectivity index (χ3v) is 5.46. The number of nitrogens with zero attached hydrogens (tertiary/aromatic N) is 1. The topological polar surface area (TPSA) is 56.3 Å². The Morgan fingerprint density at radius 3 is 2.37 bits per heavy atom. The van der Waals surface area contributed by atoms with Crippen LogP contribution in [0.4, 0.5) is 0 Å². The maximum atomic E-state index is 13.0. The summed E-state index contributed by atoms with van der Waals surface area (Å²) in [6.07, 6.45) is 1.87. The van der Waals surface area contributed by atoms with E-state index in [-0.39, 0.29) is 18.0 Å². The molecule has 0 aliphatic heterocycles. The molecule has 1 heterocycles. The minimum Gasteiger partial charge on any atom is -0.494 e. The van der Waals surface area contributed by atoms with Crippen molar-refractivity contribution in [1.29, 1.82) is 0 Å². The number of rotatable bonds is 9. The first-order valence-electron chi connectivity index (χ1n) is 9.28. The second-order valence-corrected chi connectivity index (χ2v) is 7.06. The Morgan fingerprint density at radius 1 is 1.11 bits per heavy atom. The molecule has 1 aromatic heterocycles. The quantitative estimate of drug-likeness (QED) is 0.512. The van der Waals surface area contributed by atoms with E-state index in [9.17, 15) is 9.59 Å². The highest BCUT2D eigenvalue weighted by atomic mass is 35.5. The number of ether oxygens (including phenoxy) is 1. The van der Waals surface area contributed by atoms with Crippen molar-refractivity contribution in [2.24, 2.45) is 5.41 Å². The third kappa shape index (κ3) is 4.56. The molecule has 144 valence electrons. The van der Waals surface area contributed by atoms with Gasteiger partial charge in [0, 0.05) is 28.8 Å². The lowest BCUT2D eigenvalue weighted by atomic mass is 9.73. The third-order valence-electron chi connectivity index (χ3n) is 5.23. The number of pyridine rings is 1.